The van der Waals surface area contributed by atoms with Crippen molar-refractivity contribution in [3.8, 4) is 0 Å². The highest BCUT2D eigenvalue weighted by Gasteiger charge is 2.36. The van der Waals surface area contributed by atoms with E-state index < -0.39 is 5.97 Å². The molecule has 114 valence electrons. The molecule has 3 N–H and O–H groups in total. The summed E-state index contributed by atoms with van der Waals surface area (Å²) in [6.07, 6.45) is 4.06. The third-order valence-corrected chi connectivity index (χ3v) is 4.52. The Labute approximate surface area is 124 Å². The van der Waals surface area contributed by atoms with Crippen molar-refractivity contribution in [2.24, 2.45) is 0 Å². The number of urea groups is 1. The van der Waals surface area contributed by atoms with E-state index in [1.54, 1.807) is 13.0 Å². The second-order valence-corrected chi connectivity index (χ2v) is 5.84. The summed E-state index contributed by atoms with van der Waals surface area (Å²) in [6, 6.07) is 3.03. The second-order valence-electron chi connectivity index (χ2n) is 5.84. The van der Waals surface area contributed by atoms with Crippen molar-refractivity contribution in [1.29, 1.82) is 0 Å². The molecule has 0 saturated heterocycles. The number of hydrogen-bond acceptors (Lipinski definition) is 2. The van der Waals surface area contributed by atoms with Crippen LogP contribution in [0.5, 0.6) is 0 Å². The summed E-state index contributed by atoms with van der Waals surface area (Å²) in [7, 11) is 0. The van der Waals surface area contributed by atoms with E-state index in [4.69, 9.17) is 0 Å². The fourth-order valence-corrected chi connectivity index (χ4v) is 2.73. The Morgan fingerprint density at radius 1 is 1.29 bits per heavy atom. The molecule has 1 fully saturated rings. The number of benzene rings is 1. The minimum absolute atomic E-state index is 0.0839. The van der Waals surface area contributed by atoms with E-state index in [0.717, 1.165) is 36.8 Å². The van der Waals surface area contributed by atoms with Crippen molar-refractivity contribution >= 4 is 17.7 Å². The molecule has 1 aliphatic carbocycles. The first-order valence-corrected chi connectivity index (χ1v) is 7.30. The molecule has 5 heteroatoms. The van der Waals surface area contributed by atoms with Gasteiger partial charge in [-0.15, -0.1) is 0 Å². The molecule has 1 saturated carbocycles. The molecule has 2 amide bonds. The van der Waals surface area contributed by atoms with Crippen LogP contribution in [0.1, 0.15) is 54.1 Å². The molecule has 0 heterocycles. The fraction of sp³-hybridized carbons (Fsp3) is 0.500. The van der Waals surface area contributed by atoms with Gasteiger partial charge in [-0.2, -0.15) is 0 Å². The Morgan fingerprint density at radius 3 is 2.43 bits per heavy atom. The highest BCUT2D eigenvalue weighted by molar-refractivity contribution is 5.94. The molecule has 0 unspecified atom stereocenters. The van der Waals surface area contributed by atoms with Crippen LogP contribution in [0, 0.1) is 13.8 Å². The summed E-state index contributed by atoms with van der Waals surface area (Å²) in [6.45, 7) is 5.67. The summed E-state index contributed by atoms with van der Waals surface area (Å²) in [5, 5.41) is 15.0. The number of carboxylic acids is 1. The molecule has 2 rings (SSSR count). The lowest BCUT2D eigenvalue weighted by molar-refractivity contribution is 0.0696. The number of carboxylic acid groups (broad SMARTS) is 1. The molecular weight excluding hydrogens is 268 g/mol. The van der Waals surface area contributed by atoms with Gasteiger partial charge in [0.1, 0.15) is 0 Å². The number of rotatable bonds is 4. The summed E-state index contributed by atoms with van der Waals surface area (Å²) < 4.78 is 0. The number of anilines is 1. The first kappa shape index (κ1) is 15.4. The van der Waals surface area contributed by atoms with E-state index in [2.05, 4.69) is 17.6 Å². The van der Waals surface area contributed by atoms with Crippen LogP contribution in [0.4, 0.5) is 10.5 Å². The normalized spacial score (nSPS) is 16.0. The average molecular weight is 290 g/mol. The van der Waals surface area contributed by atoms with Gasteiger partial charge in [0.05, 0.1) is 5.56 Å². The van der Waals surface area contributed by atoms with Gasteiger partial charge in [0.2, 0.25) is 0 Å². The van der Waals surface area contributed by atoms with Crippen LogP contribution in [0.3, 0.4) is 0 Å². The number of aryl methyl sites for hydroxylation is 1. The second kappa shape index (κ2) is 5.76. The Hall–Kier alpha value is -2.04. The lowest BCUT2D eigenvalue weighted by Crippen LogP contribution is -2.54. The highest BCUT2D eigenvalue weighted by atomic mass is 16.4. The van der Waals surface area contributed by atoms with Crippen LogP contribution < -0.4 is 10.6 Å². The van der Waals surface area contributed by atoms with Gasteiger partial charge >= 0.3 is 12.0 Å². The van der Waals surface area contributed by atoms with Crippen molar-refractivity contribution in [2.75, 3.05) is 5.32 Å². The van der Waals surface area contributed by atoms with Gasteiger partial charge in [0.15, 0.2) is 0 Å². The lowest BCUT2D eigenvalue weighted by Gasteiger charge is -2.41. The van der Waals surface area contributed by atoms with Crippen LogP contribution in [-0.4, -0.2) is 22.6 Å². The summed E-state index contributed by atoms with van der Waals surface area (Å²) in [5.41, 5.74) is 2.22. The van der Waals surface area contributed by atoms with E-state index in [9.17, 15) is 14.7 Å². The topological polar surface area (TPSA) is 78.4 Å². The Morgan fingerprint density at radius 2 is 1.95 bits per heavy atom. The molecule has 1 aromatic rings. The van der Waals surface area contributed by atoms with Gasteiger partial charge in [0.25, 0.3) is 0 Å². The van der Waals surface area contributed by atoms with E-state index in [-0.39, 0.29) is 17.1 Å². The van der Waals surface area contributed by atoms with Crippen LogP contribution in [0.15, 0.2) is 12.1 Å². The molecule has 0 atom stereocenters. The zero-order valence-electron chi connectivity index (χ0n) is 12.7. The van der Waals surface area contributed by atoms with Crippen LogP contribution in [0.25, 0.3) is 0 Å². The molecule has 0 radical (unpaired) electrons. The molecule has 0 bridgehead atoms. The van der Waals surface area contributed by atoms with Gasteiger partial charge in [-0.05, 0) is 62.8 Å². The molecule has 0 aromatic heterocycles. The third kappa shape index (κ3) is 3.17. The van der Waals surface area contributed by atoms with Crippen molar-refractivity contribution in [1.82, 2.24) is 5.32 Å². The van der Waals surface area contributed by atoms with Crippen molar-refractivity contribution < 1.29 is 14.7 Å². The first-order chi connectivity index (χ1) is 9.87. The van der Waals surface area contributed by atoms with Gasteiger partial charge in [-0.25, -0.2) is 9.59 Å². The maximum Gasteiger partial charge on any atom is 0.336 e. The van der Waals surface area contributed by atoms with Crippen molar-refractivity contribution in [2.45, 2.75) is 52.0 Å². The molecule has 0 aliphatic heterocycles. The molecule has 1 aliphatic rings. The number of amides is 2. The maximum absolute atomic E-state index is 12.1. The minimum atomic E-state index is -0.983. The molecular formula is C16H22N2O3. The maximum atomic E-state index is 12.1. The first-order valence-electron chi connectivity index (χ1n) is 7.30. The van der Waals surface area contributed by atoms with Gasteiger partial charge in [-0.3, -0.25) is 0 Å². The van der Waals surface area contributed by atoms with Gasteiger partial charge < -0.3 is 15.7 Å². The van der Waals surface area contributed by atoms with E-state index >= 15 is 0 Å². The van der Waals surface area contributed by atoms with Crippen LogP contribution in [-0.2, 0) is 0 Å². The third-order valence-electron chi connectivity index (χ3n) is 4.52. The molecule has 21 heavy (non-hydrogen) atoms. The van der Waals surface area contributed by atoms with Gasteiger partial charge in [0, 0.05) is 11.2 Å². The Kier molecular flexibility index (Phi) is 4.21. The highest BCUT2D eigenvalue weighted by Crippen LogP contribution is 2.34. The molecule has 5 nitrogen and oxygen atoms in total. The Bertz CT molecular complexity index is 572. The number of hydrogen-bond donors (Lipinski definition) is 3. The number of nitrogens with one attached hydrogen (secondary N) is 2. The summed E-state index contributed by atoms with van der Waals surface area (Å²) in [5.74, 6) is -0.983. The fourth-order valence-electron chi connectivity index (χ4n) is 2.73. The van der Waals surface area contributed by atoms with Crippen LogP contribution in [0.2, 0.25) is 0 Å². The van der Waals surface area contributed by atoms with Crippen molar-refractivity contribution in [3.05, 3.63) is 28.8 Å². The van der Waals surface area contributed by atoms with E-state index in [0.29, 0.717) is 5.69 Å². The zero-order chi connectivity index (χ0) is 15.6. The Balaban J connectivity index is 2.12. The summed E-state index contributed by atoms with van der Waals surface area (Å²) in [4.78, 5) is 23.3. The lowest BCUT2D eigenvalue weighted by atomic mass is 9.75. The minimum Gasteiger partial charge on any atom is -0.478 e. The largest absolute Gasteiger partial charge is 0.478 e. The average Bonchev–Trinajstić information content (AvgIpc) is 2.37. The van der Waals surface area contributed by atoms with Crippen LogP contribution >= 0.6 is 0 Å². The number of aromatic carboxylic acids is 1. The predicted octanol–water partition coefficient (Wildman–Crippen LogP) is 3.46. The van der Waals surface area contributed by atoms with E-state index in [1.165, 1.54) is 6.07 Å². The molecule has 0 spiro atoms. The predicted molar refractivity (Wildman–Crippen MR) is 81.9 cm³/mol. The quantitative estimate of drug-likeness (QED) is 0.794. The standard InChI is InChI=1S/C16H22N2O3/c1-4-16(6-5-7-16)18-15(21)17-12-8-10(2)11(3)13(9-12)14(19)20/h8-9H,4-7H2,1-3H3,(H,19,20)(H2,17,18,21). The number of carbonyl (C=O) groups is 2. The number of carbonyl (C=O) groups excluding carboxylic acids is 1. The van der Waals surface area contributed by atoms with Crippen molar-refractivity contribution in [3.63, 3.8) is 0 Å². The smallest absolute Gasteiger partial charge is 0.336 e. The molecule has 1 aromatic carbocycles. The van der Waals surface area contributed by atoms with Gasteiger partial charge in [-0.1, -0.05) is 6.92 Å². The summed E-state index contributed by atoms with van der Waals surface area (Å²) >= 11 is 0. The monoisotopic (exact) mass is 290 g/mol. The SMILES string of the molecule is CCC1(NC(=O)Nc2cc(C)c(C)c(C(=O)O)c2)CCC1. The zero-order valence-corrected chi connectivity index (χ0v) is 12.7. The van der Waals surface area contributed by atoms with E-state index in [1.807, 2.05) is 6.92 Å².